The lowest BCUT2D eigenvalue weighted by Crippen LogP contribution is -2.35. The van der Waals surface area contributed by atoms with E-state index in [-0.39, 0.29) is 6.04 Å². The lowest BCUT2D eigenvalue weighted by Gasteiger charge is -2.30. The Balaban J connectivity index is 2.20. The molecule has 1 saturated heterocycles. The van der Waals surface area contributed by atoms with Crippen LogP contribution in [0.5, 0.6) is 0 Å². The molecule has 1 heterocycles. The maximum atomic E-state index is 13.3. The topological polar surface area (TPSA) is 21.3 Å². The van der Waals surface area contributed by atoms with Gasteiger partial charge in [-0.1, -0.05) is 13.0 Å². The predicted molar refractivity (Wildman–Crippen MR) is 66.8 cm³/mol. The van der Waals surface area contributed by atoms with Crippen molar-refractivity contribution in [2.24, 2.45) is 0 Å². The highest BCUT2D eigenvalue weighted by Crippen LogP contribution is 2.35. The highest BCUT2D eigenvalue weighted by Gasteiger charge is 2.35. The van der Waals surface area contributed by atoms with Crippen molar-refractivity contribution in [3.63, 3.8) is 0 Å². The molecule has 2 atom stereocenters. The van der Waals surface area contributed by atoms with E-state index in [0.717, 1.165) is 25.1 Å². The number of alkyl halides is 3. The summed E-state index contributed by atoms with van der Waals surface area (Å²) in [5.41, 5.74) is -0.856. The highest BCUT2D eigenvalue weighted by molar-refractivity contribution is 5.29. The van der Waals surface area contributed by atoms with Gasteiger partial charge in [0.05, 0.1) is 11.7 Å². The second-order valence-electron chi connectivity index (χ2n) is 4.88. The Bertz CT molecular complexity index is 459. The van der Waals surface area contributed by atoms with Crippen LogP contribution in [0.3, 0.4) is 0 Å². The van der Waals surface area contributed by atoms with E-state index >= 15 is 0 Å². The fourth-order valence-corrected chi connectivity index (χ4v) is 2.46. The SMILES string of the molecule is CCNC1CCOC(c2ccc(F)c(C(F)(F)F)c2)C1. The zero-order chi connectivity index (χ0) is 14.8. The molecule has 1 aliphatic rings. The summed E-state index contributed by atoms with van der Waals surface area (Å²) in [7, 11) is 0. The molecule has 1 aromatic rings. The molecule has 0 bridgehead atoms. The van der Waals surface area contributed by atoms with E-state index < -0.39 is 23.7 Å². The summed E-state index contributed by atoms with van der Waals surface area (Å²) in [6, 6.07) is 3.30. The molecule has 6 heteroatoms. The van der Waals surface area contributed by atoms with Gasteiger partial charge in [0, 0.05) is 12.6 Å². The van der Waals surface area contributed by atoms with E-state index in [1.165, 1.54) is 6.07 Å². The average molecular weight is 291 g/mol. The number of halogens is 4. The molecule has 0 amide bonds. The van der Waals surface area contributed by atoms with Crippen molar-refractivity contribution < 1.29 is 22.3 Å². The maximum absolute atomic E-state index is 13.3. The molecular formula is C14H17F4NO. The van der Waals surface area contributed by atoms with Crippen LogP contribution < -0.4 is 5.32 Å². The molecule has 0 aromatic heterocycles. The molecule has 2 unspecified atom stereocenters. The van der Waals surface area contributed by atoms with E-state index in [2.05, 4.69) is 5.32 Å². The third kappa shape index (κ3) is 3.49. The molecule has 2 nitrogen and oxygen atoms in total. The number of ether oxygens (including phenoxy) is 1. The first-order valence-corrected chi connectivity index (χ1v) is 6.63. The molecule has 1 aromatic carbocycles. The lowest BCUT2D eigenvalue weighted by atomic mass is 9.96. The lowest BCUT2D eigenvalue weighted by molar-refractivity contribution is -0.140. The van der Waals surface area contributed by atoms with Gasteiger partial charge >= 0.3 is 6.18 Å². The van der Waals surface area contributed by atoms with Crippen molar-refractivity contribution in [1.29, 1.82) is 0 Å². The first kappa shape index (κ1) is 15.3. The van der Waals surface area contributed by atoms with Crippen LogP contribution in [0.1, 0.15) is 37.0 Å². The predicted octanol–water partition coefficient (Wildman–Crippen LogP) is 3.67. The molecule has 20 heavy (non-hydrogen) atoms. The summed E-state index contributed by atoms with van der Waals surface area (Å²) in [6.07, 6.45) is -3.68. The molecule has 1 N–H and O–H groups in total. The largest absolute Gasteiger partial charge is 0.419 e. The van der Waals surface area contributed by atoms with E-state index in [4.69, 9.17) is 4.74 Å². The molecule has 112 valence electrons. The number of hydrogen-bond acceptors (Lipinski definition) is 2. The van der Waals surface area contributed by atoms with Gasteiger partial charge < -0.3 is 10.1 Å². The van der Waals surface area contributed by atoms with Crippen LogP contribution in [0, 0.1) is 5.82 Å². The summed E-state index contributed by atoms with van der Waals surface area (Å²) in [5, 5.41) is 3.26. The van der Waals surface area contributed by atoms with E-state index in [9.17, 15) is 17.6 Å². The van der Waals surface area contributed by atoms with E-state index in [0.29, 0.717) is 18.6 Å². The second-order valence-corrected chi connectivity index (χ2v) is 4.88. The molecule has 1 aliphatic heterocycles. The van der Waals surface area contributed by atoms with Crippen LogP contribution in [0.25, 0.3) is 0 Å². The Hall–Kier alpha value is -1.14. The van der Waals surface area contributed by atoms with E-state index in [1.807, 2.05) is 6.92 Å². The minimum Gasteiger partial charge on any atom is -0.373 e. The normalized spacial score (nSPS) is 23.9. The minimum atomic E-state index is -4.68. The Labute approximate surface area is 115 Å². The molecule has 0 saturated carbocycles. The Kier molecular flexibility index (Phi) is 4.65. The third-order valence-electron chi connectivity index (χ3n) is 3.44. The standard InChI is InChI=1S/C14H17F4NO/c1-2-19-10-5-6-20-13(8-10)9-3-4-12(15)11(7-9)14(16,17)18/h3-4,7,10,13,19H,2,5-6,8H2,1H3. The van der Waals surface area contributed by atoms with Crippen molar-refractivity contribution in [3.05, 3.63) is 35.1 Å². The first-order chi connectivity index (χ1) is 9.41. The van der Waals surface area contributed by atoms with Gasteiger partial charge in [0.1, 0.15) is 5.82 Å². The second kappa shape index (κ2) is 6.10. The quantitative estimate of drug-likeness (QED) is 0.858. The van der Waals surface area contributed by atoms with Gasteiger partial charge in [-0.05, 0) is 37.1 Å². The number of nitrogens with one attached hydrogen (secondary N) is 1. The molecule has 0 aliphatic carbocycles. The van der Waals surface area contributed by atoms with Gasteiger partial charge in [0.15, 0.2) is 0 Å². The zero-order valence-corrected chi connectivity index (χ0v) is 11.1. The van der Waals surface area contributed by atoms with Crippen LogP contribution in [0.15, 0.2) is 18.2 Å². The van der Waals surface area contributed by atoms with Gasteiger partial charge in [-0.2, -0.15) is 13.2 Å². The number of benzene rings is 1. The van der Waals surface area contributed by atoms with Gasteiger partial charge in [0.25, 0.3) is 0 Å². The summed E-state index contributed by atoms with van der Waals surface area (Å²) in [5.74, 6) is -1.25. The van der Waals surface area contributed by atoms with Gasteiger partial charge in [-0.15, -0.1) is 0 Å². The van der Waals surface area contributed by atoms with Crippen LogP contribution in [0.2, 0.25) is 0 Å². The van der Waals surface area contributed by atoms with Crippen LogP contribution in [-0.2, 0) is 10.9 Å². The van der Waals surface area contributed by atoms with Crippen LogP contribution in [0.4, 0.5) is 17.6 Å². The summed E-state index contributed by atoms with van der Waals surface area (Å²) < 4.78 is 56.9. The van der Waals surface area contributed by atoms with Crippen LogP contribution >= 0.6 is 0 Å². The molecule has 1 fully saturated rings. The Morgan fingerprint density at radius 2 is 2.10 bits per heavy atom. The molecular weight excluding hydrogens is 274 g/mol. The Morgan fingerprint density at radius 1 is 1.35 bits per heavy atom. The monoisotopic (exact) mass is 291 g/mol. The third-order valence-corrected chi connectivity index (χ3v) is 3.44. The molecule has 0 radical (unpaired) electrons. The van der Waals surface area contributed by atoms with E-state index in [1.54, 1.807) is 0 Å². The average Bonchev–Trinajstić information content (AvgIpc) is 2.38. The molecule has 0 spiro atoms. The van der Waals surface area contributed by atoms with Crippen molar-refractivity contribution in [1.82, 2.24) is 5.32 Å². The highest BCUT2D eigenvalue weighted by atomic mass is 19.4. The van der Waals surface area contributed by atoms with Crippen molar-refractivity contribution in [2.45, 2.75) is 38.1 Å². The fourth-order valence-electron chi connectivity index (χ4n) is 2.46. The van der Waals surface area contributed by atoms with Crippen molar-refractivity contribution in [3.8, 4) is 0 Å². The van der Waals surface area contributed by atoms with Crippen molar-refractivity contribution >= 4 is 0 Å². The van der Waals surface area contributed by atoms with Gasteiger partial charge in [0.2, 0.25) is 0 Å². The van der Waals surface area contributed by atoms with Crippen LogP contribution in [-0.4, -0.2) is 19.2 Å². The summed E-state index contributed by atoms with van der Waals surface area (Å²) >= 11 is 0. The summed E-state index contributed by atoms with van der Waals surface area (Å²) in [6.45, 7) is 3.26. The minimum absolute atomic E-state index is 0.220. The summed E-state index contributed by atoms with van der Waals surface area (Å²) in [4.78, 5) is 0. The Morgan fingerprint density at radius 3 is 2.75 bits per heavy atom. The number of hydrogen-bond donors (Lipinski definition) is 1. The first-order valence-electron chi connectivity index (χ1n) is 6.63. The fraction of sp³-hybridized carbons (Fsp3) is 0.571. The zero-order valence-electron chi connectivity index (χ0n) is 11.1. The molecule has 2 rings (SSSR count). The van der Waals surface area contributed by atoms with Gasteiger partial charge in [-0.25, -0.2) is 4.39 Å². The van der Waals surface area contributed by atoms with Crippen molar-refractivity contribution in [2.75, 3.05) is 13.2 Å². The smallest absolute Gasteiger partial charge is 0.373 e. The number of rotatable bonds is 3. The van der Waals surface area contributed by atoms with Gasteiger partial charge in [-0.3, -0.25) is 0 Å². The maximum Gasteiger partial charge on any atom is 0.419 e.